The highest BCUT2D eigenvalue weighted by Crippen LogP contribution is 2.24. The van der Waals surface area contributed by atoms with Crippen LogP contribution in [0.25, 0.3) is 0 Å². The molecule has 0 atom stereocenters. The molecule has 4 heteroatoms. The van der Waals surface area contributed by atoms with Crippen LogP contribution in [0.4, 0.5) is 5.69 Å². The number of carbonyl (C=O) groups is 1. The van der Waals surface area contributed by atoms with Gasteiger partial charge < -0.3 is 14.9 Å². The molecular weight excluding hydrogens is 216 g/mol. The number of anilines is 1. The van der Waals surface area contributed by atoms with Gasteiger partial charge in [-0.1, -0.05) is 6.07 Å². The molecule has 2 rings (SSSR count). The molecule has 1 N–H and O–H groups in total. The molecule has 1 aromatic rings. The summed E-state index contributed by atoms with van der Waals surface area (Å²) in [6.07, 6.45) is 0. The number of rotatable bonds is 2. The molecule has 92 valence electrons. The molecule has 1 fully saturated rings. The minimum atomic E-state index is -0.849. The summed E-state index contributed by atoms with van der Waals surface area (Å²) in [5.74, 6) is -0.849. The summed E-state index contributed by atoms with van der Waals surface area (Å²) in [5, 5.41) is 9.10. The van der Waals surface area contributed by atoms with Crippen LogP contribution in [0.2, 0.25) is 0 Å². The lowest BCUT2D eigenvalue weighted by Crippen LogP contribution is -2.44. The normalized spacial score (nSPS) is 17.2. The topological polar surface area (TPSA) is 43.8 Å². The summed E-state index contributed by atoms with van der Waals surface area (Å²) in [4.78, 5) is 15.6. The minimum absolute atomic E-state index is 0.404. The Bertz CT molecular complexity index is 423. The largest absolute Gasteiger partial charge is 0.478 e. The zero-order chi connectivity index (χ0) is 12.4. The van der Waals surface area contributed by atoms with Crippen LogP contribution in [0.3, 0.4) is 0 Å². The number of piperazine rings is 1. The van der Waals surface area contributed by atoms with Crippen LogP contribution in [-0.2, 0) is 0 Å². The van der Waals surface area contributed by atoms with Gasteiger partial charge in [0, 0.05) is 31.9 Å². The number of nitrogens with zero attached hydrogens (tertiary/aromatic N) is 2. The van der Waals surface area contributed by atoms with E-state index in [0.29, 0.717) is 5.56 Å². The van der Waals surface area contributed by atoms with Gasteiger partial charge in [0.1, 0.15) is 0 Å². The highest BCUT2D eigenvalue weighted by atomic mass is 16.4. The van der Waals surface area contributed by atoms with Gasteiger partial charge in [0.15, 0.2) is 0 Å². The quantitative estimate of drug-likeness (QED) is 0.841. The van der Waals surface area contributed by atoms with Crippen LogP contribution >= 0.6 is 0 Å². The predicted octanol–water partition coefficient (Wildman–Crippen LogP) is 1.45. The molecule has 1 heterocycles. The van der Waals surface area contributed by atoms with Crippen LogP contribution in [-0.4, -0.2) is 49.2 Å². The lowest BCUT2D eigenvalue weighted by molar-refractivity contribution is 0.0696. The first-order valence-corrected chi connectivity index (χ1v) is 5.86. The van der Waals surface area contributed by atoms with Crippen molar-refractivity contribution in [2.45, 2.75) is 6.92 Å². The van der Waals surface area contributed by atoms with Crippen molar-refractivity contribution in [3.8, 4) is 0 Å². The van der Waals surface area contributed by atoms with E-state index in [1.54, 1.807) is 6.07 Å². The Morgan fingerprint density at radius 3 is 2.47 bits per heavy atom. The average Bonchev–Trinajstić information content (AvgIpc) is 2.30. The summed E-state index contributed by atoms with van der Waals surface area (Å²) in [6, 6.07) is 5.49. The molecule has 0 aromatic heterocycles. The maximum atomic E-state index is 11.1. The molecule has 1 saturated heterocycles. The number of benzene rings is 1. The molecule has 1 aliphatic heterocycles. The number of carboxylic acids is 1. The van der Waals surface area contributed by atoms with Crippen molar-refractivity contribution in [3.05, 3.63) is 29.3 Å². The summed E-state index contributed by atoms with van der Waals surface area (Å²) in [6.45, 7) is 5.85. The number of carboxylic acid groups (broad SMARTS) is 1. The number of aromatic carboxylic acids is 1. The van der Waals surface area contributed by atoms with E-state index in [1.807, 2.05) is 19.1 Å². The summed E-state index contributed by atoms with van der Waals surface area (Å²) in [7, 11) is 2.11. The van der Waals surface area contributed by atoms with Gasteiger partial charge in [0.05, 0.1) is 5.56 Å². The minimum Gasteiger partial charge on any atom is -0.478 e. The average molecular weight is 234 g/mol. The maximum absolute atomic E-state index is 11.1. The second-order valence-corrected chi connectivity index (χ2v) is 4.55. The van der Waals surface area contributed by atoms with Crippen LogP contribution in [0.1, 0.15) is 15.9 Å². The monoisotopic (exact) mass is 234 g/mol. The van der Waals surface area contributed by atoms with Crippen molar-refractivity contribution in [2.24, 2.45) is 0 Å². The van der Waals surface area contributed by atoms with Gasteiger partial charge in [-0.3, -0.25) is 0 Å². The van der Waals surface area contributed by atoms with E-state index in [0.717, 1.165) is 37.4 Å². The summed E-state index contributed by atoms with van der Waals surface area (Å²) < 4.78 is 0. The number of hydrogen-bond acceptors (Lipinski definition) is 3. The summed E-state index contributed by atoms with van der Waals surface area (Å²) >= 11 is 0. The Labute approximate surface area is 101 Å². The molecule has 4 nitrogen and oxygen atoms in total. The van der Waals surface area contributed by atoms with E-state index in [1.165, 1.54) is 0 Å². The Balaban J connectivity index is 2.27. The standard InChI is InChI=1S/C13H18N2O2/c1-10-11(13(16)17)4-3-5-12(10)15-8-6-14(2)7-9-15/h3-5H,6-9H2,1-2H3,(H,16,17). The van der Waals surface area contributed by atoms with Crippen LogP contribution < -0.4 is 4.90 Å². The molecule has 0 spiro atoms. The fraction of sp³-hybridized carbons (Fsp3) is 0.462. The highest BCUT2D eigenvalue weighted by molar-refractivity contribution is 5.91. The third kappa shape index (κ3) is 2.42. The second kappa shape index (κ2) is 4.75. The molecule has 0 unspecified atom stereocenters. The van der Waals surface area contributed by atoms with E-state index < -0.39 is 5.97 Å². The number of hydrogen-bond donors (Lipinski definition) is 1. The van der Waals surface area contributed by atoms with Gasteiger partial charge in [0.2, 0.25) is 0 Å². The van der Waals surface area contributed by atoms with Gasteiger partial charge >= 0.3 is 5.97 Å². The lowest BCUT2D eigenvalue weighted by Gasteiger charge is -2.35. The highest BCUT2D eigenvalue weighted by Gasteiger charge is 2.18. The Hall–Kier alpha value is -1.55. The third-order valence-electron chi connectivity index (χ3n) is 3.38. The van der Waals surface area contributed by atoms with Crippen molar-refractivity contribution in [2.75, 3.05) is 38.1 Å². The lowest BCUT2D eigenvalue weighted by atomic mass is 10.1. The molecule has 0 saturated carbocycles. The SMILES string of the molecule is Cc1c(C(=O)O)cccc1N1CCN(C)CC1. The van der Waals surface area contributed by atoms with Crippen molar-refractivity contribution >= 4 is 11.7 Å². The van der Waals surface area contributed by atoms with Crippen LogP contribution in [0.15, 0.2) is 18.2 Å². The van der Waals surface area contributed by atoms with Gasteiger partial charge in [-0.15, -0.1) is 0 Å². The van der Waals surface area contributed by atoms with Crippen LogP contribution in [0, 0.1) is 6.92 Å². The molecule has 0 amide bonds. The van der Waals surface area contributed by atoms with Gasteiger partial charge in [-0.25, -0.2) is 4.79 Å². The zero-order valence-electron chi connectivity index (χ0n) is 10.3. The van der Waals surface area contributed by atoms with Crippen LogP contribution in [0.5, 0.6) is 0 Å². The van der Waals surface area contributed by atoms with Crippen molar-refractivity contribution < 1.29 is 9.90 Å². The molecule has 0 bridgehead atoms. The fourth-order valence-electron chi connectivity index (χ4n) is 2.25. The second-order valence-electron chi connectivity index (χ2n) is 4.55. The Morgan fingerprint density at radius 2 is 1.88 bits per heavy atom. The first-order valence-electron chi connectivity index (χ1n) is 5.86. The Kier molecular flexibility index (Phi) is 3.33. The molecule has 0 aliphatic carbocycles. The van der Waals surface area contributed by atoms with Gasteiger partial charge in [-0.05, 0) is 31.7 Å². The maximum Gasteiger partial charge on any atom is 0.336 e. The van der Waals surface area contributed by atoms with Crippen molar-refractivity contribution in [3.63, 3.8) is 0 Å². The van der Waals surface area contributed by atoms with E-state index in [2.05, 4.69) is 16.8 Å². The van der Waals surface area contributed by atoms with Crippen molar-refractivity contribution in [1.29, 1.82) is 0 Å². The van der Waals surface area contributed by atoms with E-state index in [-0.39, 0.29) is 0 Å². The Morgan fingerprint density at radius 1 is 1.24 bits per heavy atom. The molecule has 1 aliphatic rings. The third-order valence-corrected chi connectivity index (χ3v) is 3.38. The van der Waals surface area contributed by atoms with E-state index in [4.69, 9.17) is 5.11 Å². The number of likely N-dealkylation sites (N-methyl/N-ethyl adjacent to an activating group) is 1. The smallest absolute Gasteiger partial charge is 0.336 e. The first kappa shape index (κ1) is 11.9. The fourth-order valence-corrected chi connectivity index (χ4v) is 2.25. The van der Waals surface area contributed by atoms with Gasteiger partial charge in [0.25, 0.3) is 0 Å². The first-order chi connectivity index (χ1) is 8.09. The van der Waals surface area contributed by atoms with E-state index in [9.17, 15) is 4.79 Å². The van der Waals surface area contributed by atoms with Crippen molar-refractivity contribution in [1.82, 2.24) is 4.90 Å². The predicted molar refractivity (Wildman–Crippen MR) is 67.8 cm³/mol. The molecule has 0 radical (unpaired) electrons. The molecule has 1 aromatic carbocycles. The molecule has 17 heavy (non-hydrogen) atoms. The molecular formula is C13H18N2O2. The zero-order valence-corrected chi connectivity index (χ0v) is 10.3. The summed E-state index contributed by atoms with van der Waals surface area (Å²) in [5.41, 5.74) is 2.32. The van der Waals surface area contributed by atoms with Gasteiger partial charge in [-0.2, -0.15) is 0 Å². The van der Waals surface area contributed by atoms with E-state index >= 15 is 0 Å².